The molecule has 194 valence electrons. The first kappa shape index (κ1) is 25.9. The van der Waals surface area contributed by atoms with Crippen molar-refractivity contribution in [2.24, 2.45) is 5.41 Å². The highest BCUT2D eigenvalue weighted by molar-refractivity contribution is 5.88. The van der Waals surface area contributed by atoms with E-state index < -0.39 is 35.9 Å². The van der Waals surface area contributed by atoms with Gasteiger partial charge < -0.3 is 20.4 Å². The molecule has 1 atom stereocenters. The number of hydrogen-bond donors (Lipinski definition) is 2. The second kappa shape index (κ2) is 10.0. The Kier molecular flexibility index (Phi) is 7.21. The molecule has 0 bridgehead atoms. The van der Waals surface area contributed by atoms with E-state index in [-0.39, 0.29) is 11.3 Å². The van der Waals surface area contributed by atoms with Crippen molar-refractivity contribution in [3.8, 4) is 6.07 Å². The van der Waals surface area contributed by atoms with Gasteiger partial charge in [0.2, 0.25) is 17.7 Å². The number of carbonyl (C=O) groups excluding carboxylic acids is 3. The number of rotatable bonds is 7. The van der Waals surface area contributed by atoms with E-state index in [0.717, 1.165) is 12.0 Å². The molecule has 2 saturated heterocycles. The van der Waals surface area contributed by atoms with Crippen LogP contribution in [-0.2, 0) is 16.1 Å². The Morgan fingerprint density at radius 3 is 2.31 bits per heavy atom. The van der Waals surface area contributed by atoms with Crippen LogP contribution in [0.15, 0.2) is 30.3 Å². The number of halogens is 2. The molecule has 0 aromatic heterocycles. The first-order chi connectivity index (χ1) is 17.0. The van der Waals surface area contributed by atoms with E-state index in [9.17, 15) is 28.4 Å². The lowest BCUT2D eigenvalue weighted by atomic mass is 9.71. The van der Waals surface area contributed by atoms with Gasteiger partial charge in [0.25, 0.3) is 0 Å². The summed E-state index contributed by atoms with van der Waals surface area (Å²) in [5.41, 5.74) is -0.0889. The molecular formula is C26H33F2N5O3. The van der Waals surface area contributed by atoms with Crippen LogP contribution in [0.4, 0.5) is 13.6 Å². The molecule has 1 aromatic rings. The summed E-state index contributed by atoms with van der Waals surface area (Å²) >= 11 is 0. The van der Waals surface area contributed by atoms with Crippen molar-refractivity contribution in [1.82, 2.24) is 20.4 Å². The third-order valence-electron chi connectivity index (χ3n) is 7.62. The molecule has 1 saturated carbocycles. The number of carbonyl (C=O) groups is 3. The van der Waals surface area contributed by atoms with Crippen LogP contribution in [0.2, 0.25) is 0 Å². The van der Waals surface area contributed by atoms with Crippen LogP contribution in [0, 0.1) is 16.7 Å². The first-order valence-corrected chi connectivity index (χ1v) is 12.5. The summed E-state index contributed by atoms with van der Waals surface area (Å²) in [6.45, 7) is 2.72. The molecular weight excluding hydrogens is 468 g/mol. The van der Waals surface area contributed by atoms with Gasteiger partial charge in [-0.25, -0.2) is 13.6 Å². The van der Waals surface area contributed by atoms with Crippen LogP contribution in [0.3, 0.4) is 0 Å². The normalized spacial score (nSPS) is 21.4. The summed E-state index contributed by atoms with van der Waals surface area (Å²) in [4.78, 5) is 41.8. The third-order valence-corrected chi connectivity index (χ3v) is 7.62. The van der Waals surface area contributed by atoms with Gasteiger partial charge in [0.1, 0.15) is 11.6 Å². The number of piperidine rings is 2. The molecule has 1 aliphatic carbocycles. The topological polar surface area (TPSA) is 106 Å². The lowest BCUT2D eigenvalue weighted by Gasteiger charge is -2.46. The average Bonchev–Trinajstić information content (AvgIpc) is 3.61. The number of hydrogen-bond acceptors (Lipinski definition) is 4. The molecule has 4 rings (SSSR count). The fraction of sp³-hybridized carbons (Fsp3) is 0.615. The Morgan fingerprint density at radius 1 is 1.11 bits per heavy atom. The maximum absolute atomic E-state index is 13.8. The van der Waals surface area contributed by atoms with Gasteiger partial charge in [-0.1, -0.05) is 30.3 Å². The van der Waals surface area contributed by atoms with Gasteiger partial charge in [-0.3, -0.25) is 9.59 Å². The maximum atomic E-state index is 13.8. The Bertz CT molecular complexity index is 1020. The highest BCUT2D eigenvalue weighted by Crippen LogP contribution is 2.42. The molecule has 4 amide bonds. The standard InChI is InChI=1S/C26H33F2N5O3/c1-24(27,28)15-20(22(35)31-26(18-29)7-8-26)30-23(36)32-12-9-25(10-13-32)11-14-33(21(34)16-25)17-19-5-3-2-4-6-19/h2-6,20H,7-17H2,1H3,(H,30,36)(H,31,35). The van der Waals surface area contributed by atoms with Crippen LogP contribution in [0.25, 0.3) is 0 Å². The zero-order valence-electron chi connectivity index (χ0n) is 20.6. The Morgan fingerprint density at radius 2 is 1.75 bits per heavy atom. The van der Waals surface area contributed by atoms with Crippen molar-refractivity contribution in [1.29, 1.82) is 5.26 Å². The van der Waals surface area contributed by atoms with E-state index in [0.29, 0.717) is 65.2 Å². The summed E-state index contributed by atoms with van der Waals surface area (Å²) in [6.07, 6.45) is 2.65. The maximum Gasteiger partial charge on any atom is 0.318 e. The monoisotopic (exact) mass is 501 g/mol. The summed E-state index contributed by atoms with van der Waals surface area (Å²) < 4.78 is 27.5. The minimum absolute atomic E-state index is 0.108. The van der Waals surface area contributed by atoms with Gasteiger partial charge in [-0.2, -0.15) is 5.26 Å². The lowest BCUT2D eigenvalue weighted by Crippen LogP contribution is -2.57. The highest BCUT2D eigenvalue weighted by Gasteiger charge is 2.47. The van der Waals surface area contributed by atoms with Crippen molar-refractivity contribution in [3.05, 3.63) is 35.9 Å². The highest BCUT2D eigenvalue weighted by atomic mass is 19.3. The zero-order chi connectivity index (χ0) is 26.0. The van der Waals surface area contributed by atoms with Crippen LogP contribution < -0.4 is 10.6 Å². The molecule has 2 heterocycles. The number of nitrogens with one attached hydrogen (secondary N) is 2. The summed E-state index contributed by atoms with van der Waals surface area (Å²) in [7, 11) is 0. The Balaban J connectivity index is 1.30. The summed E-state index contributed by atoms with van der Waals surface area (Å²) in [5.74, 6) is -3.83. The molecule has 2 aliphatic heterocycles. The van der Waals surface area contributed by atoms with Gasteiger partial charge in [-0.15, -0.1) is 0 Å². The summed E-state index contributed by atoms with van der Waals surface area (Å²) in [5, 5.41) is 14.2. The molecule has 8 nitrogen and oxygen atoms in total. The van der Waals surface area contributed by atoms with E-state index in [1.807, 2.05) is 41.3 Å². The number of alkyl halides is 2. The minimum Gasteiger partial charge on any atom is -0.338 e. The molecule has 1 spiro atoms. The second-order valence-corrected chi connectivity index (χ2v) is 10.7. The van der Waals surface area contributed by atoms with Crippen LogP contribution in [0.1, 0.15) is 57.4 Å². The second-order valence-electron chi connectivity index (χ2n) is 10.7. The smallest absolute Gasteiger partial charge is 0.318 e. The van der Waals surface area contributed by atoms with Gasteiger partial charge in [0.15, 0.2) is 0 Å². The van der Waals surface area contributed by atoms with Crippen LogP contribution in [-0.4, -0.2) is 64.8 Å². The number of nitriles is 1. The van der Waals surface area contributed by atoms with Crippen molar-refractivity contribution >= 4 is 17.8 Å². The minimum atomic E-state index is -3.17. The Labute approximate surface area is 210 Å². The molecule has 0 radical (unpaired) electrons. The van der Waals surface area contributed by atoms with Gasteiger partial charge >= 0.3 is 6.03 Å². The van der Waals surface area contributed by atoms with Crippen molar-refractivity contribution in [2.45, 2.75) is 75.9 Å². The molecule has 1 aromatic carbocycles. The quantitative estimate of drug-likeness (QED) is 0.599. The average molecular weight is 502 g/mol. The van der Waals surface area contributed by atoms with Crippen LogP contribution in [0.5, 0.6) is 0 Å². The fourth-order valence-corrected chi connectivity index (χ4v) is 5.12. The lowest BCUT2D eigenvalue weighted by molar-refractivity contribution is -0.140. The van der Waals surface area contributed by atoms with Gasteiger partial charge in [0, 0.05) is 39.0 Å². The predicted molar refractivity (Wildman–Crippen MR) is 128 cm³/mol. The number of likely N-dealkylation sites (tertiary alicyclic amines) is 2. The van der Waals surface area contributed by atoms with E-state index in [2.05, 4.69) is 10.6 Å². The predicted octanol–water partition coefficient (Wildman–Crippen LogP) is 3.19. The summed E-state index contributed by atoms with van der Waals surface area (Å²) in [6, 6.07) is 9.83. The SMILES string of the molecule is CC(F)(F)CC(NC(=O)N1CCC2(CCN(Cc3ccccc3)C(=O)C2)CC1)C(=O)NC1(C#N)CC1. The number of urea groups is 1. The zero-order valence-corrected chi connectivity index (χ0v) is 20.6. The third kappa shape index (κ3) is 6.31. The Hall–Kier alpha value is -3.22. The van der Waals surface area contributed by atoms with Gasteiger partial charge in [0.05, 0.1) is 6.07 Å². The number of amides is 4. The fourth-order valence-electron chi connectivity index (χ4n) is 5.12. The van der Waals surface area contributed by atoms with E-state index in [1.54, 1.807) is 0 Å². The van der Waals surface area contributed by atoms with Crippen molar-refractivity contribution < 1.29 is 23.2 Å². The van der Waals surface area contributed by atoms with Crippen LogP contribution >= 0.6 is 0 Å². The number of nitrogens with zero attached hydrogens (tertiary/aromatic N) is 3. The molecule has 3 aliphatic rings. The molecule has 36 heavy (non-hydrogen) atoms. The molecule has 1 unspecified atom stereocenters. The van der Waals surface area contributed by atoms with Crippen molar-refractivity contribution in [2.75, 3.05) is 19.6 Å². The van der Waals surface area contributed by atoms with E-state index in [1.165, 1.54) is 4.90 Å². The van der Waals surface area contributed by atoms with Crippen molar-refractivity contribution in [3.63, 3.8) is 0 Å². The number of benzene rings is 1. The molecule has 3 fully saturated rings. The largest absolute Gasteiger partial charge is 0.338 e. The van der Waals surface area contributed by atoms with E-state index in [4.69, 9.17) is 0 Å². The van der Waals surface area contributed by atoms with E-state index >= 15 is 0 Å². The first-order valence-electron chi connectivity index (χ1n) is 12.5. The molecule has 10 heteroatoms. The molecule has 2 N–H and O–H groups in total. The van der Waals surface area contributed by atoms with Gasteiger partial charge in [-0.05, 0) is 50.0 Å².